The molecule has 3 rings (SSSR count). The van der Waals surface area contributed by atoms with Crippen molar-refractivity contribution in [3.63, 3.8) is 0 Å². The fourth-order valence-electron chi connectivity index (χ4n) is 2.84. The first-order chi connectivity index (χ1) is 11.6. The number of nitrogen functional groups attached to an aromatic ring is 3. The molecule has 7 heteroatoms. The van der Waals surface area contributed by atoms with Gasteiger partial charge in [0.05, 0.1) is 25.0 Å². The van der Waals surface area contributed by atoms with Crippen molar-refractivity contribution in [1.29, 1.82) is 0 Å². The number of ether oxygens (including phenoxy) is 2. The van der Waals surface area contributed by atoms with E-state index in [2.05, 4.69) is 9.97 Å². The average Bonchev–Trinajstić information content (AvgIpc) is 2.57. The summed E-state index contributed by atoms with van der Waals surface area (Å²) in [6.45, 7) is 1.64. The van der Waals surface area contributed by atoms with Gasteiger partial charge in [-0.25, -0.2) is 4.98 Å². The lowest BCUT2D eigenvalue weighted by atomic mass is 10.0. The van der Waals surface area contributed by atoms with Gasteiger partial charge in [-0.1, -0.05) is 12.1 Å². The molecule has 1 aliphatic rings. The first kappa shape index (κ1) is 16.5. The standard InChI is InChI=1S/C17H23N5O2/c18-12-6-4-11(5-7-12)15-14(21-17(20)22-16(15)19)10-23-9-13-3-1-2-8-24-13/h4-7,13H,1-3,8-10,18H2,(H4,19,20,21,22). The molecule has 1 fully saturated rings. The third kappa shape index (κ3) is 3.93. The molecule has 24 heavy (non-hydrogen) atoms. The Bertz CT molecular complexity index is 684. The zero-order valence-electron chi connectivity index (χ0n) is 13.6. The molecule has 2 aromatic rings. The minimum atomic E-state index is 0.138. The Balaban J connectivity index is 1.77. The summed E-state index contributed by atoms with van der Waals surface area (Å²) in [4.78, 5) is 8.37. The topological polar surface area (TPSA) is 122 Å². The van der Waals surface area contributed by atoms with E-state index in [1.165, 1.54) is 6.42 Å². The molecular weight excluding hydrogens is 306 g/mol. The van der Waals surface area contributed by atoms with E-state index < -0.39 is 0 Å². The maximum Gasteiger partial charge on any atom is 0.222 e. The normalized spacial score (nSPS) is 17.8. The fourth-order valence-corrected chi connectivity index (χ4v) is 2.84. The molecule has 0 spiro atoms. The van der Waals surface area contributed by atoms with Crippen LogP contribution in [0, 0.1) is 0 Å². The fraction of sp³-hybridized carbons (Fsp3) is 0.412. The first-order valence-corrected chi connectivity index (χ1v) is 8.10. The van der Waals surface area contributed by atoms with Crippen LogP contribution >= 0.6 is 0 Å². The Morgan fingerprint density at radius 1 is 1.08 bits per heavy atom. The zero-order chi connectivity index (χ0) is 16.9. The summed E-state index contributed by atoms with van der Waals surface area (Å²) in [5, 5.41) is 0. The van der Waals surface area contributed by atoms with Crippen molar-refractivity contribution in [2.24, 2.45) is 0 Å². The van der Waals surface area contributed by atoms with Crippen LogP contribution in [0.15, 0.2) is 24.3 Å². The molecule has 0 radical (unpaired) electrons. The maximum atomic E-state index is 6.06. The number of nitrogens with two attached hydrogens (primary N) is 3. The van der Waals surface area contributed by atoms with Crippen LogP contribution in [0.4, 0.5) is 17.5 Å². The molecule has 2 heterocycles. The molecule has 7 nitrogen and oxygen atoms in total. The van der Waals surface area contributed by atoms with E-state index in [1.807, 2.05) is 24.3 Å². The molecule has 1 aromatic carbocycles. The number of benzene rings is 1. The minimum absolute atomic E-state index is 0.138. The van der Waals surface area contributed by atoms with Crippen LogP contribution in [0.5, 0.6) is 0 Å². The monoisotopic (exact) mass is 329 g/mol. The van der Waals surface area contributed by atoms with Crippen LogP contribution in [0.3, 0.4) is 0 Å². The highest BCUT2D eigenvalue weighted by Gasteiger charge is 2.17. The Hall–Kier alpha value is -2.38. The molecule has 1 saturated heterocycles. The summed E-state index contributed by atoms with van der Waals surface area (Å²) in [6.07, 6.45) is 3.48. The Morgan fingerprint density at radius 2 is 1.88 bits per heavy atom. The summed E-state index contributed by atoms with van der Waals surface area (Å²) >= 11 is 0. The van der Waals surface area contributed by atoms with E-state index in [9.17, 15) is 0 Å². The molecule has 128 valence electrons. The second-order valence-corrected chi connectivity index (χ2v) is 5.91. The Morgan fingerprint density at radius 3 is 2.58 bits per heavy atom. The molecule has 0 bridgehead atoms. The van der Waals surface area contributed by atoms with Crippen LogP contribution in [-0.4, -0.2) is 29.3 Å². The van der Waals surface area contributed by atoms with E-state index in [0.29, 0.717) is 30.4 Å². The van der Waals surface area contributed by atoms with Crippen LogP contribution in [0.1, 0.15) is 25.0 Å². The number of aromatic nitrogens is 2. The lowest BCUT2D eigenvalue weighted by Crippen LogP contribution is -2.24. The summed E-state index contributed by atoms with van der Waals surface area (Å²) in [5.74, 6) is 0.471. The third-order valence-electron chi connectivity index (χ3n) is 4.05. The second kappa shape index (κ2) is 7.46. The largest absolute Gasteiger partial charge is 0.399 e. The van der Waals surface area contributed by atoms with E-state index in [4.69, 9.17) is 26.7 Å². The van der Waals surface area contributed by atoms with Crippen molar-refractivity contribution < 1.29 is 9.47 Å². The van der Waals surface area contributed by atoms with Gasteiger partial charge >= 0.3 is 0 Å². The lowest BCUT2D eigenvalue weighted by Gasteiger charge is -2.22. The highest BCUT2D eigenvalue weighted by atomic mass is 16.5. The number of hydrogen-bond donors (Lipinski definition) is 3. The van der Waals surface area contributed by atoms with Crippen LogP contribution in [-0.2, 0) is 16.1 Å². The highest BCUT2D eigenvalue weighted by Crippen LogP contribution is 2.29. The van der Waals surface area contributed by atoms with Gasteiger partial charge in [0.2, 0.25) is 5.95 Å². The number of hydrogen-bond acceptors (Lipinski definition) is 7. The molecule has 6 N–H and O–H groups in total. The maximum absolute atomic E-state index is 6.06. The number of anilines is 3. The molecule has 0 aliphatic carbocycles. The molecule has 0 saturated carbocycles. The average molecular weight is 329 g/mol. The van der Waals surface area contributed by atoms with Gasteiger partial charge < -0.3 is 26.7 Å². The summed E-state index contributed by atoms with van der Waals surface area (Å²) in [7, 11) is 0. The van der Waals surface area contributed by atoms with Crippen LogP contribution < -0.4 is 17.2 Å². The molecule has 1 aliphatic heterocycles. The van der Waals surface area contributed by atoms with Crippen molar-refractivity contribution in [2.75, 3.05) is 30.4 Å². The third-order valence-corrected chi connectivity index (χ3v) is 4.05. The highest BCUT2D eigenvalue weighted by molar-refractivity contribution is 5.77. The smallest absolute Gasteiger partial charge is 0.222 e. The van der Waals surface area contributed by atoms with Crippen molar-refractivity contribution in [1.82, 2.24) is 9.97 Å². The van der Waals surface area contributed by atoms with Gasteiger partial charge in [0.15, 0.2) is 0 Å². The molecule has 1 aromatic heterocycles. The van der Waals surface area contributed by atoms with E-state index >= 15 is 0 Å². The van der Waals surface area contributed by atoms with Crippen molar-refractivity contribution in [3.05, 3.63) is 30.0 Å². The van der Waals surface area contributed by atoms with Crippen LogP contribution in [0.25, 0.3) is 11.1 Å². The quantitative estimate of drug-likeness (QED) is 0.717. The summed E-state index contributed by atoms with van der Waals surface area (Å²) < 4.78 is 11.5. The summed E-state index contributed by atoms with van der Waals surface area (Å²) in [5.41, 5.74) is 20.5. The van der Waals surface area contributed by atoms with E-state index in [1.54, 1.807) is 0 Å². The van der Waals surface area contributed by atoms with E-state index in [-0.39, 0.29) is 12.1 Å². The minimum Gasteiger partial charge on any atom is -0.399 e. The molecule has 1 unspecified atom stereocenters. The summed E-state index contributed by atoms with van der Waals surface area (Å²) in [6, 6.07) is 7.39. The van der Waals surface area contributed by atoms with Crippen molar-refractivity contribution >= 4 is 17.5 Å². The number of rotatable bonds is 5. The second-order valence-electron chi connectivity index (χ2n) is 5.91. The van der Waals surface area contributed by atoms with Crippen molar-refractivity contribution in [3.8, 4) is 11.1 Å². The van der Waals surface area contributed by atoms with Gasteiger partial charge in [0.25, 0.3) is 0 Å². The van der Waals surface area contributed by atoms with Gasteiger partial charge in [0.1, 0.15) is 5.82 Å². The molecule has 0 amide bonds. The predicted octanol–water partition coefficient (Wildman–Crippen LogP) is 1.98. The first-order valence-electron chi connectivity index (χ1n) is 8.10. The lowest BCUT2D eigenvalue weighted by molar-refractivity contribution is -0.0451. The molecule has 1 atom stereocenters. The van der Waals surface area contributed by atoms with Gasteiger partial charge in [-0.3, -0.25) is 0 Å². The van der Waals surface area contributed by atoms with Crippen LogP contribution in [0.2, 0.25) is 0 Å². The van der Waals surface area contributed by atoms with Gasteiger partial charge in [-0.15, -0.1) is 0 Å². The number of nitrogens with zero attached hydrogens (tertiary/aromatic N) is 2. The molecular formula is C17H23N5O2. The Labute approximate surface area is 141 Å². The van der Waals surface area contributed by atoms with Crippen molar-refractivity contribution in [2.45, 2.75) is 32.0 Å². The SMILES string of the molecule is Nc1ccc(-c2c(N)nc(N)nc2COCC2CCCCO2)cc1. The van der Waals surface area contributed by atoms with Gasteiger partial charge in [-0.2, -0.15) is 4.98 Å². The Kier molecular flexibility index (Phi) is 5.12. The predicted molar refractivity (Wildman–Crippen MR) is 94.0 cm³/mol. The van der Waals surface area contributed by atoms with Gasteiger partial charge in [0, 0.05) is 17.9 Å². The van der Waals surface area contributed by atoms with Gasteiger partial charge in [-0.05, 0) is 37.0 Å². The van der Waals surface area contributed by atoms with E-state index in [0.717, 1.165) is 30.6 Å². The zero-order valence-corrected chi connectivity index (χ0v) is 13.6.